The summed E-state index contributed by atoms with van der Waals surface area (Å²) in [6.45, 7) is 2.82. The SMILES string of the molecule is CSCCn1c(=NC(=O)c2cccc(F)c2)sc2cc(C)ccc21. The molecule has 0 saturated heterocycles. The minimum absolute atomic E-state index is 0.264. The number of amides is 1. The fraction of sp³-hybridized carbons (Fsp3) is 0.222. The van der Waals surface area contributed by atoms with Crippen LogP contribution in [0.15, 0.2) is 47.5 Å². The van der Waals surface area contributed by atoms with Crippen LogP contribution >= 0.6 is 23.1 Å². The largest absolute Gasteiger partial charge is 0.316 e. The Morgan fingerprint density at radius 3 is 2.88 bits per heavy atom. The lowest BCUT2D eigenvalue weighted by atomic mass is 10.2. The van der Waals surface area contributed by atoms with Crippen LogP contribution in [0.1, 0.15) is 15.9 Å². The standard InChI is InChI=1S/C18H17FN2OS2/c1-12-6-7-15-16(10-12)24-18(21(15)8-9-23-2)20-17(22)13-4-3-5-14(19)11-13/h3-7,10-11H,8-9H2,1-2H3. The molecule has 3 nitrogen and oxygen atoms in total. The van der Waals surface area contributed by atoms with Crippen LogP contribution in [0.5, 0.6) is 0 Å². The van der Waals surface area contributed by atoms with E-state index in [2.05, 4.69) is 27.8 Å². The Kier molecular flexibility index (Phi) is 5.16. The summed E-state index contributed by atoms with van der Waals surface area (Å²) in [4.78, 5) is 17.3. The van der Waals surface area contributed by atoms with E-state index in [-0.39, 0.29) is 5.56 Å². The van der Waals surface area contributed by atoms with E-state index >= 15 is 0 Å². The molecule has 1 amide bonds. The quantitative estimate of drug-likeness (QED) is 0.697. The molecule has 3 aromatic rings. The monoisotopic (exact) mass is 360 g/mol. The second-order valence-electron chi connectivity index (χ2n) is 5.43. The van der Waals surface area contributed by atoms with E-state index in [4.69, 9.17) is 0 Å². The Bertz CT molecular complexity index is 959. The van der Waals surface area contributed by atoms with Gasteiger partial charge >= 0.3 is 0 Å². The molecular weight excluding hydrogens is 343 g/mol. The summed E-state index contributed by atoms with van der Waals surface area (Å²) in [5.74, 6) is 0.0788. The van der Waals surface area contributed by atoms with E-state index in [1.165, 1.54) is 35.1 Å². The van der Waals surface area contributed by atoms with Crippen LogP contribution in [-0.4, -0.2) is 22.5 Å². The average molecular weight is 360 g/mol. The highest BCUT2D eigenvalue weighted by Gasteiger charge is 2.10. The second kappa shape index (κ2) is 7.32. The van der Waals surface area contributed by atoms with Crippen LogP contribution in [0.3, 0.4) is 0 Å². The van der Waals surface area contributed by atoms with Gasteiger partial charge in [-0.3, -0.25) is 4.79 Å². The summed E-state index contributed by atoms with van der Waals surface area (Å²) in [5.41, 5.74) is 2.51. The van der Waals surface area contributed by atoms with Crippen LogP contribution in [0.25, 0.3) is 10.2 Å². The summed E-state index contributed by atoms with van der Waals surface area (Å²) in [7, 11) is 0. The van der Waals surface area contributed by atoms with Gasteiger partial charge in [-0.05, 0) is 49.1 Å². The first kappa shape index (κ1) is 16.9. The van der Waals surface area contributed by atoms with Crippen molar-refractivity contribution in [2.45, 2.75) is 13.5 Å². The minimum atomic E-state index is -0.432. The fourth-order valence-electron chi connectivity index (χ4n) is 2.44. The van der Waals surface area contributed by atoms with Gasteiger partial charge in [-0.2, -0.15) is 16.8 Å². The molecule has 0 aliphatic carbocycles. The number of halogens is 1. The summed E-state index contributed by atoms with van der Waals surface area (Å²) in [5, 5.41) is 0. The van der Waals surface area contributed by atoms with Crippen molar-refractivity contribution in [2.75, 3.05) is 12.0 Å². The van der Waals surface area contributed by atoms with Gasteiger partial charge in [-0.15, -0.1) is 0 Å². The number of thioether (sulfide) groups is 1. The van der Waals surface area contributed by atoms with Crippen molar-refractivity contribution in [2.24, 2.45) is 4.99 Å². The molecule has 3 rings (SSSR count). The molecule has 0 N–H and O–H groups in total. The van der Waals surface area contributed by atoms with Crippen molar-refractivity contribution in [3.8, 4) is 0 Å². The van der Waals surface area contributed by atoms with Crippen LogP contribution in [0.2, 0.25) is 0 Å². The molecule has 0 radical (unpaired) electrons. The zero-order valence-corrected chi connectivity index (χ0v) is 15.1. The number of carbonyl (C=O) groups excluding carboxylic acids is 1. The predicted molar refractivity (Wildman–Crippen MR) is 99.2 cm³/mol. The average Bonchev–Trinajstić information content (AvgIpc) is 2.89. The molecule has 2 aromatic carbocycles. The van der Waals surface area contributed by atoms with Gasteiger partial charge < -0.3 is 4.57 Å². The van der Waals surface area contributed by atoms with E-state index < -0.39 is 11.7 Å². The third-order valence-corrected chi connectivity index (χ3v) is 5.26. The van der Waals surface area contributed by atoms with Crippen LogP contribution in [0, 0.1) is 12.7 Å². The first-order valence-electron chi connectivity index (χ1n) is 7.52. The topological polar surface area (TPSA) is 34.4 Å². The smallest absolute Gasteiger partial charge is 0.279 e. The molecule has 0 fully saturated rings. The van der Waals surface area contributed by atoms with Crippen molar-refractivity contribution in [3.05, 3.63) is 64.2 Å². The van der Waals surface area contributed by atoms with Gasteiger partial charge in [0.1, 0.15) is 5.82 Å². The number of aryl methyl sites for hydroxylation is 2. The number of rotatable bonds is 4. The van der Waals surface area contributed by atoms with Crippen molar-refractivity contribution < 1.29 is 9.18 Å². The Labute approximate surface area is 147 Å². The summed E-state index contributed by atoms with van der Waals surface area (Å²) < 4.78 is 16.5. The van der Waals surface area contributed by atoms with Crippen molar-refractivity contribution in [1.29, 1.82) is 0 Å². The number of aromatic nitrogens is 1. The number of thiazole rings is 1. The molecule has 0 spiro atoms. The van der Waals surface area contributed by atoms with Crippen molar-refractivity contribution >= 4 is 39.2 Å². The Morgan fingerprint density at radius 2 is 2.12 bits per heavy atom. The van der Waals surface area contributed by atoms with Gasteiger partial charge in [-0.1, -0.05) is 23.5 Å². The van der Waals surface area contributed by atoms with Crippen LogP contribution in [0.4, 0.5) is 4.39 Å². The summed E-state index contributed by atoms with van der Waals surface area (Å²) in [6.07, 6.45) is 2.05. The van der Waals surface area contributed by atoms with E-state index in [0.29, 0.717) is 4.80 Å². The highest BCUT2D eigenvalue weighted by molar-refractivity contribution is 7.98. The fourth-order valence-corrected chi connectivity index (χ4v) is 3.96. The number of hydrogen-bond donors (Lipinski definition) is 0. The molecular formula is C18H17FN2OS2. The molecule has 6 heteroatoms. The van der Waals surface area contributed by atoms with E-state index in [0.717, 1.165) is 22.5 Å². The maximum absolute atomic E-state index is 13.3. The third kappa shape index (κ3) is 3.60. The summed E-state index contributed by atoms with van der Waals surface area (Å²) >= 11 is 3.23. The predicted octanol–water partition coefficient (Wildman–Crippen LogP) is 4.25. The first-order valence-corrected chi connectivity index (χ1v) is 9.73. The number of fused-ring (bicyclic) bond motifs is 1. The highest BCUT2D eigenvalue weighted by atomic mass is 32.2. The van der Waals surface area contributed by atoms with Crippen LogP contribution < -0.4 is 4.80 Å². The lowest BCUT2D eigenvalue weighted by Gasteiger charge is -2.04. The maximum atomic E-state index is 13.3. The number of benzene rings is 2. The number of nitrogens with zero attached hydrogens (tertiary/aromatic N) is 2. The highest BCUT2D eigenvalue weighted by Crippen LogP contribution is 2.19. The van der Waals surface area contributed by atoms with Crippen LogP contribution in [-0.2, 0) is 6.54 Å². The molecule has 1 aromatic heterocycles. The molecule has 0 aliphatic heterocycles. The third-order valence-electron chi connectivity index (χ3n) is 3.63. The molecule has 0 aliphatic rings. The lowest BCUT2D eigenvalue weighted by molar-refractivity contribution is 0.0997. The van der Waals surface area contributed by atoms with Crippen molar-refractivity contribution in [1.82, 2.24) is 4.57 Å². The zero-order valence-electron chi connectivity index (χ0n) is 13.5. The molecule has 0 bridgehead atoms. The Morgan fingerprint density at radius 1 is 1.29 bits per heavy atom. The van der Waals surface area contributed by atoms with Gasteiger partial charge in [0.2, 0.25) is 0 Å². The molecule has 124 valence electrons. The van der Waals surface area contributed by atoms with E-state index in [1.54, 1.807) is 17.8 Å². The number of carbonyl (C=O) groups is 1. The second-order valence-corrected chi connectivity index (χ2v) is 7.42. The summed E-state index contributed by atoms with van der Waals surface area (Å²) in [6, 6.07) is 11.9. The molecule has 0 atom stereocenters. The van der Waals surface area contributed by atoms with Gasteiger partial charge in [0.05, 0.1) is 10.2 Å². The lowest BCUT2D eigenvalue weighted by Crippen LogP contribution is -2.18. The molecule has 1 heterocycles. The minimum Gasteiger partial charge on any atom is -0.316 e. The maximum Gasteiger partial charge on any atom is 0.279 e. The zero-order chi connectivity index (χ0) is 17.1. The van der Waals surface area contributed by atoms with E-state index in [1.807, 2.05) is 13.2 Å². The van der Waals surface area contributed by atoms with E-state index in [9.17, 15) is 9.18 Å². The Hall–Kier alpha value is -1.92. The van der Waals surface area contributed by atoms with Gasteiger partial charge in [0.25, 0.3) is 5.91 Å². The Balaban J connectivity index is 2.11. The molecule has 0 unspecified atom stereocenters. The number of hydrogen-bond acceptors (Lipinski definition) is 3. The van der Waals surface area contributed by atoms with Gasteiger partial charge in [0, 0.05) is 17.9 Å². The van der Waals surface area contributed by atoms with Crippen molar-refractivity contribution in [3.63, 3.8) is 0 Å². The molecule has 24 heavy (non-hydrogen) atoms. The van der Waals surface area contributed by atoms with Gasteiger partial charge in [0.15, 0.2) is 4.80 Å². The first-order chi connectivity index (χ1) is 11.6. The van der Waals surface area contributed by atoms with Gasteiger partial charge in [-0.25, -0.2) is 4.39 Å². The normalized spacial score (nSPS) is 12.0. The molecule has 0 saturated carbocycles.